The van der Waals surface area contributed by atoms with Gasteiger partial charge in [0.2, 0.25) is 4.96 Å². The van der Waals surface area contributed by atoms with Crippen LogP contribution in [0.25, 0.3) is 23.2 Å². The van der Waals surface area contributed by atoms with E-state index in [9.17, 15) is 4.79 Å². The van der Waals surface area contributed by atoms with Gasteiger partial charge >= 0.3 is 0 Å². The number of rotatable bonds is 5. The maximum atomic E-state index is 12.6. The van der Waals surface area contributed by atoms with Gasteiger partial charge < -0.3 is 4.74 Å². The predicted molar refractivity (Wildman–Crippen MR) is 107 cm³/mol. The van der Waals surface area contributed by atoms with Crippen molar-refractivity contribution < 1.29 is 4.74 Å². The van der Waals surface area contributed by atoms with Crippen molar-refractivity contribution in [2.45, 2.75) is 6.92 Å². The number of aromatic nitrogens is 3. The van der Waals surface area contributed by atoms with Crippen LogP contribution in [0.5, 0.6) is 5.75 Å². The third-order valence-corrected chi connectivity index (χ3v) is 5.44. The molecule has 0 amide bonds. The molecule has 0 spiro atoms. The first-order chi connectivity index (χ1) is 12.7. The van der Waals surface area contributed by atoms with Crippen LogP contribution in [0.2, 0.25) is 0 Å². The van der Waals surface area contributed by atoms with Crippen LogP contribution in [0.3, 0.4) is 0 Å². The monoisotopic (exact) mass is 381 g/mol. The molecule has 0 N–H and O–H groups in total. The summed E-state index contributed by atoms with van der Waals surface area (Å²) in [6.07, 6.45) is 5.59. The Morgan fingerprint density at radius 3 is 2.85 bits per heavy atom. The lowest BCUT2D eigenvalue weighted by molar-refractivity contribution is 0.339. The Labute approximate surface area is 157 Å². The molecule has 0 aliphatic heterocycles. The average Bonchev–Trinajstić information content (AvgIpc) is 3.35. The van der Waals surface area contributed by atoms with Crippen molar-refractivity contribution in [3.8, 4) is 5.75 Å². The smallest absolute Gasteiger partial charge is 0.291 e. The molecule has 0 aliphatic carbocycles. The Balaban J connectivity index is 1.71. The van der Waals surface area contributed by atoms with Gasteiger partial charge in [0.15, 0.2) is 5.82 Å². The van der Waals surface area contributed by atoms with E-state index in [4.69, 9.17) is 4.74 Å². The van der Waals surface area contributed by atoms with Crippen LogP contribution in [0.15, 0.2) is 46.6 Å². The number of hydrogen-bond acceptors (Lipinski definition) is 6. The van der Waals surface area contributed by atoms with Gasteiger partial charge in [-0.25, -0.2) is 0 Å². The van der Waals surface area contributed by atoms with Crippen molar-refractivity contribution in [1.29, 1.82) is 0 Å². The fraction of sp³-hybridized carbons (Fsp3) is 0.105. The first kappa shape index (κ1) is 16.7. The number of fused-ring (bicyclic) bond motifs is 1. The molecule has 1 aromatic carbocycles. The molecule has 3 aromatic heterocycles. The third-order valence-electron chi connectivity index (χ3n) is 3.64. The highest BCUT2D eigenvalue weighted by Crippen LogP contribution is 2.18. The van der Waals surface area contributed by atoms with Gasteiger partial charge in [0, 0.05) is 10.4 Å². The molecular formula is C19H15N3O2S2. The van der Waals surface area contributed by atoms with Gasteiger partial charge in [-0.3, -0.25) is 4.79 Å². The van der Waals surface area contributed by atoms with E-state index in [-0.39, 0.29) is 5.56 Å². The van der Waals surface area contributed by atoms with Crippen molar-refractivity contribution >= 4 is 45.9 Å². The molecule has 0 radical (unpaired) electrons. The molecular weight excluding hydrogens is 366 g/mol. The molecule has 0 unspecified atom stereocenters. The molecule has 0 bridgehead atoms. The summed E-state index contributed by atoms with van der Waals surface area (Å²) in [5.74, 6) is 1.29. The topological polar surface area (TPSA) is 56.5 Å². The van der Waals surface area contributed by atoms with Crippen LogP contribution in [-0.2, 0) is 0 Å². The van der Waals surface area contributed by atoms with Crippen molar-refractivity contribution in [2.75, 3.05) is 6.61 Å². The minimum atomic E-state index is -0.167. The van der Waals surface area contributed by atoms with Crippen molar-refractivity contribution in [3.05, 3.63) is 72.9 Å². The van der Waals surface area contributed by atoms with Gasteiger partial charge in [-0.05, 0) is 42.7 Å². The van der Waals surface area contributed by atoms with Crippen LogP contribution in [0, 0.1) is 0 Å². The minimum Gasteiger partial charge on any atom is -0.493 e. The highest BCUT2D eigenvalue weighted by Gasteiger charge is 2.09. The molecule has 4 rings (SSSR count). The minimum absolute atomic E-state index is 0.167. The van der Waals surface area contributed by atoms with Crippen molar-refractivity contribution in [2.24, 2.45) is 0 Å². The molecule has 0 saturated carbocycles. The van der Waals surface area contributed by atoms with Crippen molar-refractivity contribution in [1.82, 2.24) is 14.6 Å². The molecule has 0 fully saturated rings. The first-order valence-corrected chi connectivity index (χ1v) is 9.79. The highest BCUT2D eigenvalue weighted by molar-refractivity contribution is 7.15. The van der Waals surface area contributed by atoms with Gasteiger partial charge in [0.05, 0.1) is 11.1 Å². The summed E-state index contributed by atoms with van der Waals surface area (Å²) in [5, 5.41) is 6.31. The third kappa shape index (κ3) is 3.31. The quantitative estimate of drug-likeness (QED) is 0.532. The fourth-order valence-electron chi connectivity index (χ4n) is 2.49. The maximum Gasteiger partial charge on any atom is 0.291 e. The van der Waals surface area contributed by atoms with Crippen LogP contribution in [0.1, 0.15) is 23.2 Å². The van der Waals surface area contributed by atoms with E-state index in [0.717, 1.165) is 16.2 Å². The summed E-state index contributed by atoms with van der Waals surface area (Å²) in [7, 11) is 0. The lowest BCUT2D eigenvalue weighted by Gasteiger charge is -2.05. The second-order valence-electron chi connectivity index (χ2n) is 5.40. The molecule has 0 aliphatic rings. The second kappa shape index (κ2) is 7.23. The summed E-state index contributed by atoms with van der Waals surface area (Å²) in [6.45, 7) is 2.51. The summed E-state index contributed by atoms with van der Waals surface area (Å²) < 4.78 is 7.56. The normalized spacial score (nSPS) is 12.4. The molecule has 130 valence electrons. The Morgan fingerprint density at radius 1 is 1.19 bits per heavy atom. The van der Waals surface area contributed by atoms with Gasteiger partial charge in [0.25, 0.3) is 5.56 Å². The van der Waals surface area contributed by atoms with Gasteiger partial charge in [0.1, 0.15) is 5.75 Å². The zero-order chi connectivity index (χ0) is 17.9. The molecule has 4 aromatic rings. The number of thiophene rings is 1. The summed E-state index contributed by atoms with van der Waals surface area (Å²) in [5.41, 5.74) is 0.702. The van der Waals surface area contributed by atoms with Crippen LogP contribution in [-0.4, -0.2) is 21.2 Å². The summed E-state index contributed by atoms with van der Waals surface area (Å²) >= 11 is 2.96. The van der Waals surface area contributed by atoms with E-state index in [1.54, 1.807) is 11.3 Å². The molecule has 26 heavy (non-hydrogen) atoms. The Kier molecular flexibility index (Phi) is 4.64. The number of thiazole rings is 1. The predicted octanol–water partition coefficient (Wildman–Crippen LogP) is 3.33. The maximum absolute atomic E-state index is 12.6. The van der Waals surface area contributed by atoms with E-state index in [2.05, 4.69) is 10.1 Å². The summed E-state index contributed by atoms with van der Waals surface area (Å²) in [6, 6.07) is 11.7. The highest BCUT2D eigenvalue weighted by atomic mass is 32.1. The van der Waals surface area contributed by atoms with E-state index >= 15 is 0 Å². The average molecular weight is 381 g/mol. The van der Waals surface area contributed by atoms with E-state index < -0.39 is 0 Å². The second-order valence-corrected chi connectivity index (χ2v) is 7.39. The molecule has 7 heteroatoms. The SMILES string of the molecule is CCOc1ccccc1/C=c1/sc2nc(/C=C/c3cccs3)nn2c1=O. The molecule has 5 nitrogen and oxygen atoms in total. The lowest BCUT2D eigenvalue weighted by Crippen LogP contribution is -2.23. The van der Waals surface area contributed by atoms with E-state index in [1.165, 1.54) is 15.9 Å². The largest absolute Gasteiger partial charge is 0.493 e. The zero-order valence-electron chi connectivity index (χ0n) is 14.0. The summed E-state index contributed by atoms with van der Waals surface area (Å²) in [4.78, 5) is 18.8. The van der Waals surface area contributed by atoms with Crippen LogP contribution in [0.4, 0.5) is 0 Å². The van der Waals surface area contributed by atoms with E-state index in [0.29, 0.717) is 21.9 Å². The Hall–Kier alpha value is -2.77. The van der Waals surface area contributed by atoms with Gasteiger partial charge in [-0.1, -0.05) is 35.6 Å². The number of para-hydroxylation sites is 1. The molecule has 3 heterocycles. The standard InChI is InChI=1S/C19H15N3O2S2/c1-2-24-15-8-4-3-6-13(15)12-16-18(23)22-19(26-16)20-17(21-22)10-9-14-7-5-11-25-14/h3-12H,2H2,1H3/b10-9+,16-12+. The lowest BCUT2D eigenvalue weighted by atomic mass is 10.2. The van der Waals surface area contributed by atoms with E-state index in [1.807, 2.05) is 66.9 Å². The number of hydrogen-bond donors (Lipinski definition) is 0. The Bertz CT molecular complexity index is 1170. The fourth-order valence-corrected chi connectivity index (χ4v) is 4.01. The molecule has 0 atom stereocenters. The van der Waals surface area contributed by atoms with Crippen LogP contribution >= 0.6 is 22.7 Å². The van der Waals surface area contributed by atoms with Gasteiger partial charge in [-0.15, -0.1) is 16.4 Å². The number of benzene rings is 1. The van der Waals surface area contributed by atoms with Gasteiger partial charge in [-0.2, -0.15) is 9.50 Å². The zero-order valence-corrected chi connectivity index (χ0v) is 15.6. The Morgan fingerprint density at radius 2 is 2.08 bits per heavy atom. The van der Waals surface area contributed by atoms with Crippen LogP contribution < -0.4 is 14.8 Å². The number of ether oxygens (including phenoxy) is 1. The molecule has 0 saturated heterocycles. The number of nitrogens with zero attached hydrogens (tertiary/aromatic N) is 3. The first-order valence-electron chi connectivity index (χ1n) is 8.09. The van der Waals surface area contributed by atoms with Crippen molar-refractivity contribution in [3.63, 3.8) is 0 Å².